The van der Waals surface area contributed by atoms with E-state index in [1.807, 2.05) is 0 Å². The van der Waals surface area contributed by atoms with Gasteiger partial charge in [0.05, 0.1) is 0 Å². The minimum absolute atomic E-state index is 0.202. The lowest BCUT2D eigenvalue weighted by atomic mass is 10.0. The molecule has 78 valence electrons. The van der Waals surface area contributed by atoms with Crippen LogP contribution in [0.3, 0.4) is 0 Å². The van der Waals surface area contributed by atoms with Gasteiger partial charge in [0.1, 0.15) is 6.42 Å². The van der Waals surface area contributed by atoms with Crippen LogP contribution in [0, 0.1) is 5.92 Å². The average molecular weight is 197 g/mol. The van der Waals surface area contributed by atoms with Crippen LogP contribution in [0.25, 0.3) is 0 Å². The van der Waals surface area contributed by atoms with Crippen molar-refractivity contribution in [1.29, 1.82) is 0 Å². The zero-order valence-corrected chi connectivity index (χ0v) is 8.11. The van der Waals surface area contributed by atoms with E-state index in [2.05, 4.69) is 0 Å². The molecular weight excluding hydrogens is 182 g/mol. The van der Waals surface area contributed by atoms with E-state index in [0.717, 1.165) is 19.4 Å². The Kier molecular flexibility index (Phi) is 2.44. The summed E-state index contributed by atoms with van der Waals surface area (Å²) in [5.41, 5.74) is 0. The molecule has 2 aliphatic rings. The summed E-state index contributed by atoms with van der Waals surface area (Å²) in [5.74, 6) is -0.573. The molecular formula is C10H15NO3. The van der Waals surface area contributed by atoms with Gasteiger partial charge in [-0.05, 0) is 25.2 Å². The molecule has 1 amide bonds. The zero-order chi connectivity index (χ0) is 10.1. The molecule has 0 spiro atoms. The third-order valence-corrected chi connectivity index (χ3v) is 3.38. The summed E-state index contributed by atoms with van der Waals surface area (Å²) >= 11 is 0. The number of hydrogen-bond donors (Lipinski definition) is 1. The molecule has 2 atom stereocenters. The summed E-state index contributed by atoms with van der Waals surface area (Å²) in [6, 6.07) is 0.349. The second-order valence-corrected chi connectivity index (χ2v) is 4.20. The van der Waals surface area contributed by atoms with Crippen LogP contribution >= 0.6 is 0 Å². The summed E-state index contributed by atoms with van der Waals surface area (Å²) in [7, 11) is 0. The molecule has 14 heavy (non-hydrogen) atoms. The Bertz CT molecular complexity index is 264. The van der Waals surface area contributed by atoms with Gasteiger partial charge in [-0.15, -0.1) is 0 Å². The maximum absolute atomic E-state index is 11.5. The van der Waals surface area contributed by atoms with Crippen LogP contribution in [0.1, 0.15) is 32.1 Å². The van der Waals surface area contributed by atoms with Crippen LogP contribution in [0.5, 0.6) is 0 Å². The maximum Gasteiger partial charge on any atom is 0.312 e. The van der Waals surface area contributed by atoms with Crippen molar-refractivity contribution in [1.82, 2.24) is 4.90 Å². The van der Waals surface area contributed by atoms with Crippen LogP contribution < -0.4 is 0 Å². The first-order valence-corrected chi connectivity index (χ1v) is 5.20. The Labute approximate surface area is 82.9 Å². The highest BCUT2D eigenvalue weighted by Gasteiger charge is 2.39. The van der Waals surface area contributed by atoms with E-state index in [1.54, 1.807) is 4.90 Å². The smallest absolute Gasteiger partial charge is 0.312 e. The molecule has 1 saturated heterocycles. The lowest BCUT2D eigenvalue weighted by Crippen LogP contribution is -2.36. The predicted octanol–water partition coefficient (Wildman–Crippen LogP) is 0.862. The molecule has 4 heteroatoms. The third-order valence-electron chi connectivity index (χ3n) is 3.38. The van der Waals surface area contributed by atoms with Crippen molar-refractivity contribution in [3.05, 3.63) is 0 Å². The Hall–Kier alpha value is -1.06. The molecule has 0 aromatic heterocycles. The van der Waals surface area contributed by atoms with Crippen molar-refractivity contribution in [2.75, 3.05) is 6.54 Å². The number of carboxylic acid groups (broad SMARTS) is 1. The number of rotatable bonds is 2. The van der Waals surface area contributed by atoms with Crippen molar-refractivity contribution >= 4 is 11.9 Å². The number of likely N-dealkylation sites (tertiary alicyclic amines) is 1. The number of fused-ring (bicyclic) bond motifs is 1. The Balaban J connectivity index is 1.97. The zero-order valence-electron chi connectivity index (χ0n) is 8.11. The molecule has 4 nitrogen and oxygen atoms in total. The highest BCUT2D eigenvalue weighted by atomic mass is 16.4. The molecule has 0 aromatic rings. The molecule has 0 radical (unpaired) electrons. The highest BCUT2D eigenvalue weighted by molar-refractivity contribution is 5.93. The second-order valence-electron chi connectivity index (χ2n) is 4.20. The molecule has 1 heterocycles. The van der Waals surface area contributed by atoms with E-state index < -0.39 is 5.97 Å². The second kappa shape index (κ2) is 3.59. The number of hydrogen-bond acceptors (Lipinski definition) is 2. The van der Waals surface area contributed by atoms with Crippen LogP contribution in [-0.4, -0.2) is 34.5 Å². The monoisotopic (exact) mass is 197 g/mol. The van der Waals surface area contributed by atoms with Crippen molar-refractivity contribution < 1.29 is 14.7 Å². The van der Waals surface area contributed by atoms with E-state index in [1.165, 1.54) is 12.8 Å². The normalized spacial score (nSPS) is 30.4. The van der Waals surface area contributed by atoms with Crippen molar-refractivity contribution in [2.45, 2.75) is 38.1 Å². The Morgan fingerprint density at radius 1 is 1.29 bits per heavy atom. The quantitative estimate of drug-likeness (QED) is 0.668. The minimum Gasteiger partial charge on any atom is -0.481 e. The third kappa shape index (κ3) is 1.61. The number of carboxylic acids is 1. The van der Waals surface area contributed by atoms with E-state index in [-0.39, 0.29) is 12.3 Å². The number of aliphatic carboxylic acids is 1. The van der Waals surface area contributed by atoms with Crippen molar-refractivity contribution in [3.8, 4) is 0 Å². The van der Waals surface area contributed by atoms with Gasteiger partial charge in [-0.2, -0.15) is 0 Å². The maximum atomic E-state index is 11.5. The van der Waals surface area contributed by atoms with Gasteiger partial charge in [-0.3, -0.25) is 9.59 Å². The molecule has 1 aliphatic carbocycles. The van der Waals surface area contributed by atoms with E-state index >= 15 is 0 Å². The number of carbonyl (C=O) groups is 2. The highest BCUT2D eigenvalue weighted by Crippen LogP contribution is 2.37. The fraction of sp³-hybridized carbons (Fsp3) is 0.800. The average Bonchev–Trinajstić information content (AvgIpc) is 2.59. The van der Waals surface area contributed by atoms with Crippen LogP contribution in [-0.2, 0) is 9.59 Å². The number of nitrogens with zero attached hydrogens (tertiary/aromatic N) is 1. The predicted molar refractivity (Wildman–Crippen MR) is 49.7 cm³/mol. The first-order chi connectivity index (χ1) is 6.68. The summed E-state index contributed by atoms with van der Waals surface area (Å²) < 4.78 is 0. The summed E-state index contributed by atoms with van der Waals surface area (Å²) in [5, 5.41) is 8.54. The molecule has 1 saturated carbocycles. The standard InChI is InChI=1S/C10H15NO3/c12-9(6-10(13)14)11-5-4-7-2-1-3-8(7)11/h7-8H,1-6H2,(H,13,14). The largest absolute Gasteiger partial charge is 0.481 e. The van der Waals surface area contributed by atoms with Crippen molar-refractivity contribution in [3.63, 3.8) is 0 Å². The molecule has 0 bridgehead atoms. The fourth-order valence-electron chi connectivity index (χ4n) is 2.78. The SMILES string of the molecule is O=C(O)CC(=O)N1CCC2CCCC21. The summed E-state index contributed by atoms with van der Waals surface area (Å²) in [6.07, 6.45) is 4.18. The van der Waals surface area contributed by atoms with Crippen LogP contribution in [0.4, 0.5) is 0 Å². The van der Waals surface area contributed by atoms with Crippen LogP contribution in [0.15, 0.2) is 0 Å². The fourth-order valence-corrected chi connectivity index (χ4v) is 2.78. The molecule has 1 aliphatic heterocycles. The molecule has 1 N–H and O–H groups in total. The summed E-state index contributed by atoms with van der Waals surface area (Å²) in [6.45, 7) is 0.765. The van der Waals surface area contributed by atoms with Gasteiger partial charge < -0.3 is 10.0 Å². The van der Waals surface area contributed by atoms with Gasteiger partial charge in [0.2, 0.25) is 5.91 Å². The van der Waals surface area contributed by atoms with Gasteiger partial charge in [0, 0.05) is 12.6 Å². The first-order valence-electron chi connectivity index (χ1n) is 5.20. The van der Waals surface area contributed by atoms with E-state index in [9.17, 15) is 9.59 Å². The lowest BCUT2D eigenvalue weighted by molar-refractivity contribution is -0.144. The topological polar surface area (TPSA) is 57.6 Å². The molecule has 2 fully saturated rings. The van der Waals surface area contributed by atoms with Gasteiger partial charge in [-0.1, -0.05) is 6.42 Å². The van der Waals surface area contributed by atoms with E-state index in [4.69, 9.17) is 5.11 Å². The van der Waals surface area contributed by atoms with Gasteiger partial charge in [0.15, 0.2) is 0 Å². The van der Waals surface area contributed by atoms with Crippen molar-refractivity contribution in [2.24, 2.45) is 5.92 Å². The first kappa shape index (κ1) is 9.49. The van der Waals surface area contributed by atoms with E-state index in [0.29, 0.717) is 12.0 Å². The number of carbonyl (C=O) groups excluding carboxylic acids is 1. The molecule has 2 unspecified atom stereocenters. The molecule has 2 rings (SSSR count). The summed E-state index contributed by atoms with van der Waals surface area (Å²) in [4.78, 5) is 23.7. The van der Waals surface area contributed by atoms with Gasteiger partial charge >= 0.3 is 5.97 Å². The minimum atomic E-state index is -1.02. The van der Waals surface area contributed by atoms with Gasteiger partial charge in [0.25, 0.3) is 0 Å². The van der Waals surface area contributed by atoms with Crippen LogP contribution in [0.2, 0.25) is 0 Å². The molecule has 0 aromatic carbocycles. The van der Waals surface area contributed by atoms with Gasteiger partial charge in [-0.25, -0.2) is 0 Å². The lowest BCUT2D eigenvalue weighted by Gasteiger charge is -2.23. The Morgan fingerprint density at radius 3 is 2.79 bits per heavy atom. The number of amides is 1. The Morgan fingerprint density at radius 2 is 2.07 bits per heavy atom.